The van der Waals surface area contributed by atoms with E-state index in [1.54, 1.807) is 13.0 Å². The predicted molar refractivity (Wildman–Crippen MR) is 75.9 cm³/mol. The number of nitrogens with one attached hydrogen (secondary N) is 1. The van der Waals surface area contributed by atoms with Crippen LogP contribution in [0.15, 0.2) is 18.3 Å². The number of hydrogen-bond acceptors (Lipinski definition) is 2. The molecule has 0 radical (unpaired) electrons. The number of halogens is 2. The molecule has 1 N–H and O–H groups in total. The van der Waals surface area contributed by atoms with Crippen LogP contribution in [0.5, 0.6) is 0 Å². The highest BCUT2D eigenvalue weighted by Gasteiger charge is 2.10. The Kier molecular flexibility index (Phi) is 4.21. The summed E-state index contributed by atoms with van der Waals surface area (Å²) in [6, 6.07) is 3.27. The van der Waals surface area contributed by atoms with Gasteiger partial charge in [0.25, 0.3) is 0 Å². The van der Waals surface area contributed by atoms with E-state index in [0.717, 1.165) is 16.5 Å². The lowest BCUT2D eigenvalue weighted by atomic mass is 10.1. The predicted octanol–water partition coefficient (Wildman–Crippen LogP) is 3.41. The number of carbonyl (C=O) groups excluding carboxylic acids is 1. The van der Waals surface area contributed by atoms with Gasteiger partial charge in [-0.1, -0.05) is 0 Å². The molecule has 0 amide bonds. The van der Waals surface area contributed by atoms with Crippen LogP contribution in [0, 0.1) is 9.39 Å². The number of aromatic nitrogens is 1. The van der Waals surface area contributed by atoms with Gasteiger partial charge in [0.2, 0.25) is 0 Å². The Balaban J connectivity index is 2.19. The third-order valence-electron chi connectivity index (χ3n) is 2.71. The molecule has 18 heavy (non-hydrogen) atoms. The summed E-state index contributed by atoms with van der Waals surface area (Å²) in [5.41, 5.74) is 1.77. The van der Waals surface area contributed by atoms with Crippen molar-refractivity contribution in [1.82, 2.24) is 4.98 Å². The molecule has 1 aromatic heterocycles. The number of carbonyl (C=O) groups is 1. The van der Waals surface area contributed by atoms with Gasteiger partial charge < -0.3 is 9.72 Å². The monoisotopic (exact) mass is 361 g/mol. The van der Waals surface area contributed by atoms with E-state index < -0.39 is 0 Å². The van der Waals surface area contributed by atoms with Gasteiger partial charge in [0, 0.05) is 27.1 Å². The van der Waals surface area contributed by atoms with Crippen molar-refractivity contribution in [2.75, 3.05) is 6.61 Å². The highest BCUT2D eigenvalue weighted by Crippen LogP contribution is 2.24. The van der Waals surface area contributed by atoms with E-state index >= 15 is 0 Å². The normalized spacial score (nSPS) is 10.8. The lowest BCUT2D eigenvalue weighted by Crippen LogP contribution is -2.04. The van der Waals surface area contributed by atoms with Crippen LogP contribution in [0.1, 0.15) is 18.9 Å². The number of fused-ring (bicyclic) bond motifs is 1. The second-order valence-electron chi connectivity index (χ2n) is 3.93. The van der Waals surface area contributed by atoms with Crippen molar-refractivity contribution >= 4 is 39.5 Å². The minimum atomic E-state index is -0.234. The Morgan fingerprint density at radius 1 is 1.50 bits per heavy atom. The lowest BCUT2D eigenvalue weighted by Gasteiger charge is -2.01. The summed E-state index contributed by atoms with van der Waals surface area (Å²) in [7, 11) is 0. The molecular weight excluding hydrogens is 348 g/mol. The quantitative estimate of drug-likeness (QED) is 0.670. The van der Waals surface area contributed by atoms with Crippen molar-refractivity contribution < 1.29 is 13.9 Å². The summed E-state index contributed by atoms with van der Waals surface area (Å²) >= 11 is 1.96. The molecule has 2 rings (SSSR count). The average Bonchev–Trinajstić information content (AvgIpc) is 2.70. The topological polar surface area (TPSA) is 42.1 Å². The third kappa shape index (κ3) is 2.82. The maximum Gasteiger partial charge on any atom is 0.306 e. The fourth-order valence-corrected chi connectivity index (χ4v) is 2.32. The van der Waals surface area contributed by atoms with Gasteiger partial charge in [-0.2, -0.15) is 0 Å². The number of hydrogen-bond donors (Lipinski definition) is 1. The number of H-pyrrole nitrogens is 1. The fraction of sp³-hybridized carbons (Fsp3) is 0.308. The maximum absolute atomic E-state index is 13.4. The van der Waals surface area contributed by atoms with E-state index in [1.165, 1.54) is 6.07 Å². The van der Waals surface area contributed by atoms with Gasteiger partial charge in [-0.3, -0.25) is 4.79 Å². The molecule has 0 fully saturated rings. The summed E-state index contributed by atoms with van der Waals surface area (Å²) in [6.45, 7) is 2.19. The van der Waals surface area contributed by atoms with Gasteiger partial charge >= 0.3 is 5.97 Å². The minimum absolute atomic E-state index is 0.205. The number of aromatic amines is 1. The molecule has 0 spiro atoms. The number of aryl methyl sites for hydroxylation is 1. The molecule has 0 saturated heterocycles. The highest BCUT2D eigenvalue weighted by atomic mass is 127. The summed E-state index contributed by atoms with van der Waals surface area (Å²) in [4.78, 5) is 14.3. The van der Waals surface area contributed by atoms with Gasteiger partial charge in [0.15, 0.2) is 0 Å². The van der Waals surface area contributed by atoms with E-state index in [-0.39, 0.29) is 11.8 Å². The first-order valence-corrected chi connectivity index (χ1v) is 6.80. The summed E-state index contributed by atoms with van der Waals surface area (Å²) < 4.78 is 18.8. The SMILES string of the molecule is CCOC(=O)CCc1c[nH]c2cc(F)c(I)cc12. The number of benzene rings is 1. The molecule has 1 aromatic carbocycles. The smallest absolute Gasteiger partial charge is 0.306 e. The van der Waals surface area contributed by atoms with Crippen molar-refractivity contribution in [1.29, 1.82) is 0 Å². The molecule has 1 heterocycles. The molecule has 0 bridgehead atoms. The average molecular weight is 361 g/mol. The van der Waals surface area contributed by atoms with Crippen LogP contribution in [0.4, 0.5) is 4.39 Å². The molecule has 0 saturated carbocycles. The van der Waals surface area contributed by atoms with E-state index in [9.17, 15) is 9.18 Å². The minimum Gasteiger partial charge on any atom is -0.466 e. The van der Waals surface area contributed by atoms with E-state index in [2.05, 4.69) is 4.98 Å². The Morgan fingerprint density at radius 3 is 3.00 bits per heavy atom. The Morgan fingerprint density at radius 2 is 2.28 bits per heavy atom. The van der Waals surface area contributed by atoms with E-state index in [0.29, 0.717) is 23.0 Å². The summed E-state index contributed by atoms with van der Waals surface area (Å²) in [6.07, 6.45) is 2.76. The summed E-state index contributed by atoms with van der Waals surface area (Å²) in [5.74, 6) is -0.439. The van der Waals surface area contributed by atoms with Crippen LogP contribution in [-0.2, 0) is 16.0 Å². The Hall–Kier alpha value is -1.11. The second-order valence-corrected chi connectivity index (χ2v) is 5.09. The molecule has 3 nitrogen and oxygen atoms in total. The number of rotatable bonds is 4. The summed E-state index contributed by atoms with van der Waals surface area (Å²) in [5, 5.41) is 0.963. The van der Waals surface area contributed by atoms with Gasteiger partial charge in [0.05, 0.1) is 6.61 Å². The Bertz CT molecular complexity index is 580. The van der Waals surface area contributed by atoms with Gasteiger partial charge in [-0.15, -0.1) is 0 Å². The zero-order valence-electron chi connectivity index (χ0n) is 9.93. The third-order valence-corrected chi connectivity index (χ3v) is 3.54. The van der Waals surface area contributed by atoms with Crippen molar-refractivity contribution in [3.05, 3.63) is 33.3 Å². The van der Waals surface area contributed by atoms with Crippen molar-refractivity contribution in [3.63, 3.8) is 0 Å². The van der Waals surface area contributed by atoms with Crippen LogP contribution in [0.2, 0.25) is 0 Å². The van der Waals surface area contributed by atoms with E-state index in [4.69, 9.17) is 4.74 Å². The molecule has 0 atom stereocenters. The second kappa shape index (κ2) is 5.69. The zero-order valence-corrected chi connectivity index (χ0v) is 12.1. The highest BCUT2D eigenvalue weighted by molar-refractivity contribution is 14.1. The van der Waals surface area contributed by atoms with Crippen LogP contribution in [0.25, 0.3) is 10.9 Å². The lowest BCUT2D eigenvalue weighted by molar-refractivity contribution is -0.143. The van der Waals surface area contributed by atoms with Gasteiger partial charge in [0.1, 0.15) is 5.82 Å². The van der Waals surface area contributed by atoms with Crippen LogP contribution in [0.3, 0.4) is 0 Å². The first-order valence-electron chi connectivity index (χ1n) is 5.72. The van der Waals surface area contributed by atoms with Gasteiger partial charge in [-0.25, -0.2) is 4.39 Å². The number of esters is 1. The zero-order chi connectivity index (χ0) is 13.1. The number of ether oxygens (including phenoxy) is 1. The van der Waals surface area contributed by atoms with Crippen molar-refractivity contribution in [2.45, 2.75) is 19.8 Å². The van der Waals surface area contributed by atoms with Crippen molar-refractivity contribution in [3.8, 4) is 0 Å². The van der Waals surface area contributed by atoms with Crippen LogP contribution in [-0.4, -0.2) is 17.6 Å². The molecule has 0 aliphatic rings. The molecule has 2 aromatic rings. The largest absolute Gasteiger partial charge is 0.466 e. The molecule has 0 aliphatic carbocycles. The Labute approximate surface area is 118 Å². The standard InChI is InChI=1S/C13H13FINO2/c1-2-18-13(17)4-3-8-7-16-12-6-10(14)11(15)5-9(8)12/h5-7,16H,2-4H2,1H3. The molecule has 5 heteroatoms. The molecular formula is C13H13FINO2. The van der Waals surface area contributed by atoms with Gasteiger partial charge in [-0.05, 0) is 53.6 Å². The molecule has 96 valence electrons. The fourth-order valence-electron chi connectivity index (χ4n) is 1.85. The van der Waals surface area contributed by atoms with E-state index in [1.807, 2.05) is 28.8 Å². The van der Waals surface area contributed by atoms with Crippen LogP contribution >= 0.6 is 22.6 Å². The molecule has 0 unspecified atom stereocenters. The maximum atomic E-state index is 13.4. The van der Waals surface area contributed by atoms with Crippen molar-refractivity contribution in [2.24, 2.45) is 0 Å². The molecule has 0 aliphatic heterocycles. The first-order chi connectivity index (χ1) is 8.61. The van der Waals surface area contributed by atoms with Crippen LogP contribution < -0.4 is 0 Å². The first kappa shape index (κ1) is 13.3.